The fourth-order valence-corrected chi connectivity index (χ4v) is 4.46. The second-order valence-corrected chi connectivity index (χ2v) is 8.48. The Bertz CT molecular complexity index is 589. The fraction of sp³-hybridized carbons (Fsp3) is 0.571. The molecule has 0 spiro atoms. The van der Waals surface area contributed by atoms with Gasteiger partial charge in [0.2, 0.25) is 10.0 Å². The first kappa shape index (κ1) is 15.8. The van der Waals surface area contributed by atoms with Crippen LogP contribution in [0.3, 0.4) is 0 Å². The third-order valence-electron chi connectivity index (χ3n) is 4.07. The predicted octanol–water partition coefficient (Wildman–Crippen LogP) is 3.23. The molecule has 0 saturated heterocycles. The van der Waals surface area contributed by atoms with Crippen molar-refractivity contribution < 1.29 is 8.42 Å². The number of sulfonamides is 1. The number of halogens is 1. The first-order valence-corrected chi connectivity index (χ1v) is 9.08. The molecule has 2 unspecified atom stereocenters. The molecule has 1 aromatic carbocycles. The molecule has 2 atom stereocenters. The minimum absolute atomic E-state index is 0.0913. The first-order chi connectivity index (χ1) is 9.32. The minimum atomic E-state index is -3.47. The number of nitrogens with zero attached hydrogens (tertiary/aromatic N) is 1. The molecule has 20 heavy (non-hydrogen) atoms. The smallest absolute Gasteiger partial charge is 0.243 e. The van der Waals surface area contributed by atoms with Crippen LogP contribution < -0.4 is 5.73 Å². The van der Waals surface area contributed by atoms with Gasteiger partial charge in [0.25, 0.3) is 0 Å². The van der Waals surface area contributed by atoms with Gasteiger partial charge in [-0.2, -0.15) is 4.31 Å². The molecular weight excluding hydrogens is 340 g/mol. The van der Waals surface area contributed by atoms with Gasteiger partial charge >= 0.3 is 0 Å². The zero-order valence-corrected chi connectivity index (χ0v) is 14.2. The van der Waals surface area contributed by atoms with Gasteiger partial charge in [0.1, 0.15) is 0 Å². The summed E-state index contributed by atoms with van der Waals surface area (Å²) >= 11 is 3.28. The van der Waals surface area contributed by atoms with E-state index in [9.17, 15) is 8.42 Å². The number of benzene rings is 1. The summed E-state index contributed by atoms with van der Waals surface area (Å²) in [6.45, 7) is 2.18. The molecule has 6 heteroatoms. The third kappa shape index (κ3) is 3.18. The molecule has 0 radical (unpaired) electrons. The van der Waals surface area contributed by atoms with Gasteiger partial charge in [-0.05, 0) is 52.9 Å². The largest absolute Gasteiger partial charge is 0.398 e. The van der Waals surface area contributed by atoms with Crippen LogP contribution in [0, 0.1) is 5.92 Å². The van der Waals surface area contributed by atoms with Crippen LogP contribution >= 0.6 is 15.9 Å². The van der Waals surface area contributed by atoms with Crippen molar-refractivity contribution in [2.24, 2.45) is 5.92 Å². The normalized spacial score (nSPS) is 24.0. The van der Waals surface area contributed by atoms with Gasteiger partial charge in [0.05, 0.1) is 4.90 Å². The number of rotatable bonds is 3. The standard InChI is InChI=1S/C14H21BrN2O2S/c1-10-4-3-5-11(8-10)17(2)20(18,19)12-6-7-13(15)14(16)9-12/h6-7,9-11H,3-5,8,16H2,1-2H3. The molecule has 0 heterocycles. The molecule has 1 aliphatic carbocycles. The molecule has 0 aliphatic heterocycles. The highest BCUT2D eigenvalue weighted by atomic mass is 79.9. The van der Waals surface area contributed by atoms with Gasteiger partial charge in [-0.25, -0.2) is 8.42 Å². The lowest BCUT2D eigenvalue weighted by Crippen LogP contribution is -2.39. The first-order valence-electron chi connectivity index (χ1n) is 6.85. The number of hydrogen-bond acceptors (Lipinski definition) is 3. The SMILES string of the molecule is CC1CCCC(N(C)S(=O)(=O)c2ccc(Br)c(N)c2)C1. The van der Waals surface area contributed by atoms with Crippen molar-refractivity contribution in [1.82, 2.24) is 4.31 Å². The van der Waals surface area contributed by atoms with E-state index in [1.54, 1.807) is 19.2 Å². The molecule has 1 saturated carbocycles. The molecule has 1 aromatic rings. The summed E-state index contributed by atoms with van der Waals surface area (Å²) in [5.41, 5.74) is 6.23. The summed E-state index contributed by atoms with van der Waals surface area (Å²) in [4.78, 5) is 0.263. The monoisotopic (exact) mass is 360 g/mol. The molecule has 0 bridgehead atoms. The van der Waals surface area contributed by atoms with Gasteiger partial charge in [-0.3, -0.25) is 0 Å². The van der Waals surface area contributed by atoms with E-state index in [-0.39, 0.29) is 10.9 Å². The van der Waals surface area contributed by atoms with E-state index in [1.807, 2.05) is 0 Å². The summed E-state index contributed by atoms with van der Waals surface area (Å²) in [7, 11) is -1.79. The van der Waals surface area contributed by atoms with Crippen LogP contribution in [0.5, 0.6) is 0 Å². The number of nitrogen functional groups attached to an aromatic ring is 1. The molecular formula is C14H21BrN2O2S. The van der Waals surface area contributed by atoms with Crippen LogP contribution in [0.1, 0.15) is 32.6 Å². The Morgan fingerprint density at radius 2 is 2.05 bits per heavy atom. The van der Waals surface area contributed by atoms with Crippen molar-refractivity contribution >= 4 is 31.6 Å². The zero-order chi connectivity index (χ0) is 14.9. The molecule has 0 aromatic heterocycles. The molecule has 112 valence electrons. The van der Waals surface area contributed by atoms with Gasteiger partial charge < -0.3 is 5.73 Å². The lowest BCUT2D eigenvalue weighted by atomic mass is 9.87. The Morgan fingerprint density at radius 3 is 2.65 bits per heavy atom. The maximum absolute atomic E-state index is 12.7. The Morgan fingerprint density at radius 1 is 1.35 bits per heavy atom. The lowest BCUT2D eigenvalue weighted by Gasteiger charge is -2.33. The summed E-state index contributed by atoms with van der Waals surface area (Å²) in [6.07, 6.45) is 4.15. The average Bonchev–Trinajstić information content (AvgIpc) is 2.40. The van der Waals surface area contributed by atoms with Crippen LogP contribution in [0.2, 0.25) is 0 Å². The summed E-state index contributed by atoms with van der Waals surface area (Å²) in [5, 5.41) is 0. The lowest BCUT2D eigenvalue weighted by molar-refractivity contribution is 0.239. The van der Waals surface area contributed by atoms with Gasteiger partial charge in [0.15, 0.2) is 0 Å². The molecule has 0 amide bonds. The number of hydrogen-bond donors (Lipinski definition) is 1. The third-order valence-corrected chi connectivity index (χ3v) is 6.70. The summed E-state index contributed by atoms with van der Waals surface area (Å²) in [5.74, 6) is 0.585. The van der Waals surface area contributed by atoms with Crippen LogP contribution in [-0.2, 0) is 10.0 Å². The Hall–Kier alpha value is -0.590. The van der Waals surface area contributed by atoms with Crippen molar-refractivity contribution in [2.75, 3.05) is 12.8 Å². The van der Waals surface area contributed by atoms with Crippen molar-refractivity contribution in [1.29, 1.82) is 0 Å². The van der Waals surface area contributed by atoms with E-state index in [0.29, 0.717) is 16.1 Å². The highest BCUT2D eigenvalue weighted by molar-refractivity contribution is 9.10. The number of nitrogens with two attached hydrogens (primary N) is 1. The van der Waals surface area contributed by atoms with Crippen LogP contribution in [0.15, 0.2) is 27.6 Å². The Kier molecular flexibility index (Phi) is 4.76. The molecule has 1 aliphatic rings. The highest BCUT2D eigenvalue weighted by Gasteiger charge is 2.31. The molecule has 2 N–H and O–H groups in total. The van der Waals surface area contributed by atoms with E-state index in [2.05, 4.69) is 22.9 Å². The van der Waals surface area contributed by atoms with E-state index in [1.165, 1.54) is 16.8 Å². The quantitative estimate of drug-likeness (QED) is 0.841. The Balaban J connectivity index is 2.26. The maximum Gasteiger partial charge on any atom is 0.243 e. The molecule has 2 rings (SSSR count). The summed E-state index contributed by atoms with van der Waals surface area (Å²) < 4.78 is 27.5. The van der Waals surface area contributed by atoms with Crippen molar-refractivity contribution in [2.45, 2.75) is 43.5 Å². The van der Waals surface area contributed by atoms with E-state index in [0.717, 1.165) is 19.3 Å². The van der Waals surface area contributed by atoms with Crippen LogP contribution in [0.4, 0.5) is 5.69 Å². The van der Waals surface area contributed by atoms with E-state index < -0.39 is 10.0 Å². The van der Waals surface area contributed by atoms with Crippen LogP contribution in [-0.4, -0.2) is 25.8 Å². The minimum Gasteiger partial charge on any atom is -0.398 e. The van der Waals surface area contributed by atoms with Crippen molar-refractivity contribution in [3.63, 3.8) is 0 Å². The Labute approximate surface area is 129 Å². The van der Waals surface area contributed by atoms with Gasteiger partial charge in [-0.1, -0.05) is 19.8 Å². The summed E-state index contributed by atoms with van der Waals surface area (Å²) in [6, 6.07) is 4.88. The fourth-order valence-electron chi connectivity index (χ4n) is 2.78. The van der Waals surface area contributed by atoms with Crippen LogP contribution in [0.25, 0.3) is 0 Å². The topological polar surface area (TPSA) is 63.4 Å². The molecule has 1 fully saturated rings. The van der Waals surface area contributed by atoms with Crippen molar-refractivity contribution in [3.05, 3.63) is 22.7 Å². The maximum atomic E-state index is 12.7. The van der Waals surface area contributed by atoms with Crippen molar-refractivity contribution in [3.8, 4) is 0 Å². The second kappa shape index (κ2) is 6.03. The predicted molar refractivity (Wildman–Crippen MR) is 84.9 cm³/mol. The molecule has 4 nitrogen and oxygen atoms in total. The van der Waals surface area contributed by atoms with Gasteiger partial charge in [-0.15, -0.1) is 0 Å². The zero-order valence-electron chi connectivity index (χ0n) is 11.8. The van der Waals surface area contributed by atoms with Gasteiger partial charge in [0, 0.05) is 23.2 Å². The number of anilines is 1. The van der Waals surface area contributed by atoms with E-state index >= 15 is 0 Å². The average molecular weight is 361 g/mol. The highest BCUT2D eigenvalue weighted by Crippen LogP contribution is 2.31. The van der Waals surface area contributed by atoms with E-state index in [4.69, 9.17) is 5.73 Å². The second-order valence-electron chi connectivity index (χ2n) is 5.63.